The number of amides is 1. The first-order chi connectivity index (χ1) is 37.1. The zero-order valence-electron chi connectivity index (χ0n) is 47.4. The molecule has 5 aliphatic rings. The minimum atomic E-state index is -3.84. The summed E-state index contributed by atoms with van der Waals surface area (Å²) in [7, 11) is -3.58. The molecule has 24 heteroatoms. The van der Waals surface area contributed by atoms with Gasteiger partial charge in [-0.05, 0) is 85.6 Å². The van der Waals surface area contributed by atoms with Crippen LogP contribution in [-0.4, -0.2) is 125 Å². The lowest BCUT2D eigenvalue weighted by Gasteiger charge is -2.42. The number of fused-ring (bicyclic) bond motifs is 2. The zero-order chi connectivity index (χ0) is 57.1. The van der Waals surface area contributed by atoms with Gasteiger partial charge in [-0.25, -0.2) is 19.4 Å². The maximum absolute atomic E-state index is 13.9. The Morgan fingerprint density at radius 1 is 0.835 bits per heavy atom. The highest BCUT2D eigenvalue weighted by Crippen LogP contribution is 2.63. The van der Waals surface area contributed by atoms with Crippen molar-refractivity contribution >= 4 is 46.7 Å². The first-order valence-corrected chi connectivity index (χ1v) is 35.4. The van der Waals surface area contributed by atoms with Crippen molar-refractivity contribution in [1.29, 1.82) is 0 Å². The van der Waals surface area contributed by atoms with E-state index in [-0.39, 0.29) is 42.7 Å². The van der Waals surface area contributed by atoms with Gasteiger partial charge in [0.2, 0.25) is 6.49 Å². The Kier molecular flexibility index (Phi) is 16.5. The average molecular weight is 1160 g/mol. The predicted octanol–water partition coefficient (Wildman–Crippen LogP) is 8.18. The van der Waals surface area contributed by atoms with Crippen LogP contribution in [0.2, 0.25) is 36.3 Å². The maximum atomic E-state index is 13.9. The van der Waals surface area contributed by atoms with Crippen LogP contribution in [0.3, 0.4) is 0 Å². The third-order valence-electron chi connectivity index (χ3n) is 16.9. The van der Waals surface area contributed by atoms with Gasteiger partial charge in [0, 0.05) is 54.3 Å². The van der Waals surface area contributed by atoms with E-state index in [0.717, 1.165) is 16.7 Å². The lowest BCUT2D eigenvalue weighted by atomic mass is 9.77. The lowest BCUT2D eigenvalue weighted by molar-refractivity contribution is -0.0474. The molecule has 9 rings (SSSR count). The number of imidazole rings is 1. The number of benzene rings is 1. The van der Waals surface area contributed by atoms with Gasteiger partial charge >= 0.3 is 17.5 Å². The van der Waals surface area contributed by atoms with Crippen LogP contribution in [0.4, 0.5) is 4.79 Å². The van der Waals surface area contributed by atoms with E-state index >= 15 is 0 Å². The number of piperidine rings is 1. The second kappa shape index (κ2) is 22.3. The van der Waals surface area contributed by atoms with Crippen LogP contribution >= 0.6 is 6.49 Å². The average Bonchev–Trinajstić information content (AvgIpc) is 4.34. The molecule has 4 aromatic rings. The molecule has 3 saturated heterocycles. The summed E-state index contributed by atoms with van der Waals surface area (Å²) >= 11 is 7.05. The number of aromatic nitrogens is 6. The second-order valence-corrected chi connectivity index (χ2v) is 37.4. The summed E-state index contributed by atoms with van der Waals surface area (Å²) in [5.74, 6) is 0.0375. The molecular weight excluding hydrogens is 1080 g/mol. The van der Waals surface area contributed by atoms with E-state index in [1.807, 2.05) is 48.6 Å². The van der Waals surface area contributed by atoms with Crippen molar-refractivity contribution in [2.24, 2.45) is 4.99 Å². The Bertz CT molecular complexity index is 3370. The fraction of sp³-hybridized carbons (Fsp3) is 0.545. The molecule has 1 aromatic carbocycles. The molecule has 0 saturated carbocycles. The van der Waals surface area contributed by atoms with Gasteiger partial charge in [-0.2, -0.15) is 0 Å². The molecular formula is C55H75N8O12PSSi2. The summed E-state index contributed by atoms with van der Waals surface area (Å²) in [6.45, 7) is 21.0. The third kappa shape index (κ3) is 11.8. The number of carbonyl (C=O) groups is 1. The first kappa shape index (κ1) is 58.4. The largest absolute Gasteiger partial charge is 0.453 e. The van der Waals surface area contributed by atoms with E-state index in [9.17, 15) is 24.0 Å². The van der Waals surface area contributed by atoms with Crippen molar-refractivity contribution in [3.63, 3.8) is 0 Å². The van der Waals surface area contributed by atoms with E-state index in [4.69, 9.17) is 53.9 Å². The summed E-state index contributed by atoms with van der Waals surface area (Å²) in [6, 6.07) is 9.43. The number of hydrogen-bond acceptors (Lipinski definition) is 15. The van der Waals surface area contributed by atoms with Crippen molar-refractivity contribution in [3.8, 4) is 0 Å². The number of allylic oxidation sites excluding steroid dienone is 4. The van der Waals surface area contributed by atoms with Crippen molar-refractivity contribution in [2.45, 2.75) is 165 Å². The summed E-state index contributed by atoms with van der Waals surface area (Å²) in [6.07, 6.45) is 7.86. The van der Waals surface area contributed by atoms with Gasteiger partial charge < -0.3 is 37.1 Å². The van der Waals surface area contributed by atoms with Crippen LogP contribution in [0.1, 0.15) is 95.3 Å². The van der Waals surface area contributed by atoms with E-state index in [1.165, 1.54) is 28.6 Å². The van der Waals surface area contributed by atoms with Crippen molar-refractivity contribution in [1.82, 2.24) is 34.0 Å². The number of rotatable bonds is 16. The minimum absolute atomic E-state index is 0.102. The molecule has 79 heavy (non-hydrogen) atoms. The van der Waals surface area contributed by atoms with Crippen LogP contribution in [0.5, 0.6) is 0 Å². The van der Waals surface area contributed by atoms with E-state index in [2.05, 4.69) is 82.7 Å². The highest BCUT2D eigenvalue weighted by Gasteiger charge is 2.53. The monoisotopic (exact) mass is 1160 g/mol. The fourth-order valence-corrected chi connectivity index (χ4v) is 16.0. The van der Waals surface area contributed by atoms with Gasteiger partial charge in [-0.1, -0.05) is 84.0 Å². The number of aromatic amines is 3. The molecule has 3 unspecified atom stereocenters. The molecule has 4 aliphatic heterocycles. The SMILES string of the molecule is COC(=O)N1CC2=NC3=CC=CC(P(=S)(OC[C@H]4O[C@@H](n5cc(C)c(=O)[nH]c5=O)C[C@@H]4O[Si](C)(C)C(C)(C)C)O[C@H]4C[C@H](n5cc(C)c(=O)[nH]c5=O)O[C@@H]4CO[Si](C)(C)C(C)(C)C)C3=C2[C@H](c2ncc[nH]2)C1Cc1ccccc1. The number of aliphatic imine (C=N–C) groups is 1. The van der Waals surface area contributed by atoms with Gasteiger partial charge in [0.15, 0.2) is 16.6 Å². The molecule has 426 valence electrons. The second-order valence-electron chi connectivity index (χ2n) is 24.2. The van der Waals surface area contributed by atoms with Crippen LogP contribution < -0.4 is 22.5 Å². The molecule has 0 spiro atoms. The number of nitrogens with zero attached hydrogens (tertiary/aromatic N) is 5. The van der Waals surface area contributed by atoms with Gasteiger partial charge in [-0.15, -0.1) is 0 Å². The molecule has 0 bridgehead atoms. The summed E-state index contributed by atoms with van der Waals surface area (Å²) in [5.41, 5.74) is 1.49. The molecule has 7 heterocycles. The molecule has 10 atom stereocenters. The molecule has 0 radical (unpaired) electrons. The van der Waals surface area contributed by atoms with Crippen LogP contribution in [-0.2, 0) is 50.3 Å². The van der Waals surface area contributed by atoms with Gasteiger partial charge in [0.05, 0.1) is 68.1 Å². The van der Waals surface area contributed by atoms with E-state index in [1.54, 1.807) is 31.1 Å². The summed E-state index contributed by atoms with van der Waals surface area (Å²) in [5, 5.41) is -0.369. The molecule has 3 N–H and O–H groups in total. The Balaban J connectivity index is 1.18. The van der Waals surface area contributed by atoms with E-state index in [0.29, 0.717) is 34.8 Å². The van der Waals surface area contributed by atoms with Crippen LogP contribution in [0, 0.1) is 13.8 Å². The standard InChI is InChI=1S/C55H75N8O12PSSi2/c1-32-27-62(51(66)59-49(32)64)43-25-38(41(73-43)31-71-78(10,11)54(3,4)5)74-76(77,70-30-40-39(75-79(12,13)55(6,7)8)26-44(72-40)63-28-33(2)50(65)60-52(63)67)42-21-17-20-35-45(42)46-36(58-35)29-61(53(68)69-9)37(24-34-18-15-14-16-19-34)47(46)48-56-22-23-57-48/h14-23,27-28,37-44,47H,24-26,29-31H2,1-13H3,(H,56,57)(H,59,64,66)(H,60,65,67)/t37?,38-,39-,40+,41+,42?,43+,44+,47+,76?/m0/s1. The van der Waals surface area contributed by atoms with Gasteiger partial charge in [-0.3, -0.25) is 38.6 Å². The predicted molar refractivity (Wildman–Crippen MR) is 309 cm³/mol. The molecule has 1 aliphatic carbocycles. The molecule has 3 fully saturated rings. The van der Waals surface area contributed by atoms with Crippen LogP contribution in [0.15, 0.2) is 114 Å². The minimum Gasteiger partial charge on any atom is -0.453 e. The smallest absolute Gasteiger partial charge is 0.410 e. The van der Waals surface area contributed by atoms with Gasteiger partial charge in [0.25, 0.3) is 11.1 Å². The fourth-order valence-electron chi connectivity index (χ4n) is 10.4. The normalized spacial score (nSPS) is 26.2. The number of hydrogen-bond donors (Lipinski definition) is 3. The number of aryl methyl sites for hydroxylation is 2. The summed E-state index contributed by atoms with van der Waals surface area (Å²) in [4.78, 5) is 86.3. The van der Waals surface area contributed by atoms with Crippen molar-refractivity contribution in [3.05, 3.63) is 154 Å². The van der Waals surface area contributed by atoms with Crippen molar-refractivity contribution < 1.29 is 36.9 Å². The number of likely N-dealkylation sites (tertiary alicyclic amines) is 1. The number of methoxy groups -OCH3 is 1. The Hall–Kier alpha value is -5.21. The molecule has 20 nitrogen and oxygen atoms in total. The number of H-pyrrole nitrogens is 3. The number of carbonyl (C=O) groups excluding carboxylic acids is 1. The molecule has 3 aromatic heterocycles. The maximum Gasteiger partial charge on any atom is 0.410 e. The Morgan fingerprint density at radius 3 is 2.00 bits per heavy atom. The summed E-state index contributed by atoms with van der Waals surface area (Å²) < 4.78 is 50.8. The lowest BCUT2D eigenvalue weighted by Crippen LogP contribution is -2.53. The van der Waals surface area contributed by atoms with Gasteiger partial charge in [0.1, 0.15) is 30.5 Å². The van der Waals surface area contributed by atoms with E-state index < -0.39 is 106 Å². The number of nitrogens with one attached hydrogen (secondary N) is 3. The first-order valence-electron chi connectivity index (χ1n) is 26.9. The Morgan fingerprint density at radius 2 is 1.43 bits per heavy atom. The third-order valence-corrected chi connectivity index (χ3v) is 29.3. The topological polar surface area (TPSA) is 236 Å². The molecule has 1 amide bonds. The quantitative estimate of drug-likeness (QED) is 0.0709. The highest BCUT2D eigenvalue weighted by molar-refractivity contribution is 8.10. The highest BCUT2D eigenvalue weighted by atomic mass is 32.5. The van der Waals surface area contributed by atoms with Crippen LogP contribution in [0.25, 0.3) is 0 Å². The Labute approximate surface area is 467 Å². The number of ether oxygens (including phenoxy) is 3. The van der Waals surface area contributed by atoms with Crippen molar-refractivity contribution in [2.75, 3.05) is 26.9 Å². The zero-order valence-corrected chi connectivity index (χ0v) is 51.1.